The lowest BCUT2D eigenvalue weighted by Gasteiger charge is -2.32. The largest absolute Gasteiger partial charge is 0.345 e. The summed E-state index contributed by atoms with van der Waals surface area (Å²) in [7, 11) is 5.78. The Morgan fingerprint density at radius 2 is 1.90 bits per heavy atom. The van der Waals surface area contributed by atoms with Gasteiger partial charge >= 0.3 is 0 Å². The van der Waals surface area contributed by atoms with E-state index in [1.807, 2.05) is 26.0 Å². The van der Waals surface area contributed by atoms with Crippen molar-refractivity contribution in [2.75, 3.05) is 40.8 Å². The molecule has 5 heteroatoms. The minimum absolute atomic E-state index is 0.210. The molecule has 1 atom stereocenters. The number of hydrogen-bond acceptors (Lipinski definition) is 3. The van der Waals surface area contributed by atoms with Gasteiger partial charge in [0, 0.05) is 39.6 Å². The third-order valence-electron chi connectivity index (χ3n) is 4.91. The smallest absolute Gasteiger partial charge is 0.236 e. The summed E-state index contributed by atoms with van der Waals surface area (Å²) >= 11 is 0. The molecule has 0 radical (unpaired) electrons. The second-order valence-electron chi connectivity index (χ2n) is 6.84. The molecule has 2 amide bonds. The van der Waals surface area contributed by atoms with E-state index in [2.05, 4.69) is 4.90 Å². The molecule has 0 N–H and O–H groups in total. The average molecular weight is 295 g/mol. The van der Waals surface area contributed by atoms with E-state index in [0.29, 0.717) is 24.9 Å². The molecule has 2 fully saturated rings. The van der Waals surface area contributed by atoms with Crippen molar-refractivity contribution in [3.05, 3.63) is 0 Å². The Labute approximate surface area is 128 Å². The standard InChI is InChI=1S/C16H29N3O2/c1-17(10-13-9-15(20)18(2)11-13)12-16(21)19(3)14-7-5-4-6-8-14/h13-14H,4-12H2,1-3H3. The lowest BCUT2D eigenvalue weighted by molar-refractivity contribution is -0.133. The molecular formula is C16H29N3O2. The fourth-order valence-electron chi connectivity index (χ4n) is 3.60. The van der Waals surface area contributed by atoms with Crippen molar-refractivity contribution in [3.63, 3.8) is 0 Å². The lowest BCUT2D eigenvalue weighted by atomic mass is 9.94. The van der Waals surface area contributed by atoms with Crippen LogP contribution in [0.5, 0.6) is 0 Å². The minimum atomic E-state index is 0.210. The number of rotatable bonds is 5. The van der Waals surface area contributed by atoms with Gasteiger partial charge in [0.05, 0.1) is 6.54 Å². The predicted molar refractivity (Wildman–Crippen MR) is 82.9 cm³/mol. The van der Waals surface area contributed by atoms with Gasteiger partial charge in [0.1, 0.15) is 0 Å². The van der Waals surface area contributed by atoms with Crippen molar-refractivity contribution in [2.45, 2.75) is 44.6 Å². The zero-order valence-electron chi connectivity index (χ0n) is 13.7. The molecule has 1 unspecified atom stereocenters. The van der Waals surface area contributed by atoms with Crippen LogP contribution in [-0.2, 0) is 9.59 Å². The molecule has 0 aromatic carbocycles. The Morgan fingerprint density at radius 1 is 1.24 bits per heavy atom. The van der Waals surface area contributed by atoms with E-state index in [4.69, 9.17) is 0 Å². The van der Waals surface area contributed by atoms with Gasteiger partial charge in [0.15, 0.2) is 0 Å². The molecule has 5 nitrogen and oxygen atoms in total. The van der Waals surface area contributed by atoms with Crippen LogP contribution >= 0.6 is 0 Å². The van der Waals surface area contributed by atoms with Crippen LogP contribution in [0, 0.1) is 5.92 Å². The van der Waals surface area contributed by atoms with Gasteiger partial charge in [-0.1, -0.05) is 19.3 Å². The fourth-order valence-corrected chi connectivity index (χ4v) is 3.60. The summed E-state index contributed by atoms with van der Waals surface area (Å²) in [5.41, 5.74) is 0. The molecule has 1 saturated heterocycles. The van der Waals surface area contributed by atoms with E-state index < -0.39 is 0 Å². The highest BCUT2D eigenvalue weighted by Crippen LogP contribution is 2.22. The first-order valence-corrected chi connectivity index (χ1v) is 8.15. The summed E-state index contributed by atoms with van der Waals surface area (Å²) in [5, 5.41) is 0. The van der Waals surface area contributed by atoms with Gasteiger partial charge < -0.3 is 9.80 Å². The normalized spacial score (nSPS) is 23.9. The molecule has 2 rings (SSSR count). The number of hydrogen-bond donors (Lipinski definition) is 0. The number of likely N-dealkylation sites (tertiary alicyclic amines) is 1. The molecule has 1 heterocycles. The first kappa shape index (κ1) is 16.3. The van der Waals surface area contributed by atoms with Crippen LogP contribution in [0.1, 0.15) is 38.5 Å². The van der Waals surface area contributed by atoms with Gasteiger partial charge in [-0.3, -0.25) is 14.5 Å². The Kier molecular flexibility index (Phi) is 5.62. The van der Waals surface area contributed by atoms with Crippen molar-refractivity contribution in [3.8, 4) is 0 Å². The van der Waals surface area contributed by atoms with Crippen LogP contribution in [0.25, 0.3) is 0 Å². The summed E-state index contributed by atoms with van der Waals surface area (Å²) in [5.74, 6) is 0.793. The SMILES string of the molecule is CN(CC(=O)N(C)C1CCCCC1)CC1CC(=O)N(C)C1. The maximum atomic E-state index is 12.4. The van der Waals surface area contributed by atoms with Gasteiger partial charge in [-0.05, 0) is 25.8 Å². The van der Waals surface area contributed by atoms with Gasteiger partial charge in [-0.15, -0.1) is 0 Å². The fraction of sp³-hybridized carbons (Fsp3) is 0.875. The first-order valence-electron chi connectivity index (χ1n) is 8.15. The highest BCUT2D eigenvalue weighted by Gasteiger charge is 2.28. The van der Waals surface area contributed by atoms with Crippen molar-refractivity contribution in [1.82, 2.24) is 14.7 Å². The molecule has 2 aliphatic rings. The maximum absolute atomic E-state index is 12.4. The summed E-state index contributed by atoms with van der Waals surface area (Å²) in [6.45, 7) is 2.09. The zero-order valence-corrected chi connectivity index (χ0v) is 13.7. The summed E-state index contributed by atoms with van der Waals surface area (Å²) in [4.78, 5) is 29.7. The third kappa shape index (κ3) is 4.43. The van der Waals surface area contributed by atoms with Crippen LogP contribution < -0.4 is 0 Å². The molecule has 0 bridgehead atoms. The van der Waals surface area contributed by atoms with E-state index in [0.717, 1.165) is 25.9 Å². The Bertz CT molecular complexity index is 380. The monoisotopic (exact) mass is 295 g/mol. The van der Waals surface area contributed by atoms with Crippen molar-refractivity contribution >= 4 is 11.8 Å². The quantitative estimate of drug-likeness (QED) is 0.765. The molecular weight excluding hydrogens is 266 g/mol. The molecule has 0 aromatic rings. The number of nitrogens with zero attached hydrogens (tertiary/aromatic N) is 3. The van der Waals surface area contributed by atoms with Gasteiger partial charge in [-0.2, -0.15) is 0 Å². The van der Waals surface area contributed by atoms with Gasteiger partial charge in [0.2, 0.25) is 11.8 Å². The van der Waals surface area contributed by atoms with Crippen molar-refractivity contribution in [1.29, 1.82) is 0 Å². The number of likely N-dealkylation sites (N-methyl/N-ethyl adjacent to an activating group) is 2. The second kappa shape index (κ2) is 7.25. The maximum Gasteiger partial charge on any atom is 0.236 e. The number of amides is 2. The summed E-state index contributed by atoms with van der Waals surface area (Å²) in [6.07, 6.45) is 6.71. The van der Waals surface area contributed by atoms with Crippen LogP contribution in [-0.4, -0.2) is 73.3 Å². The number of carbonyl (C=O) groups excluding carboxylic acids is 2. The van der Waals surface area contributed by atoms with E-state index in [1.165, 1.54) is 19.3 Å². The third-order valence-corrected chi connectivity index (χ3v) is 4.91. The molecule has 0 spiro atoms. The van der Waals surface area contributed by atoms with Crippen LogP contribution in [0.3, 0.4) is 0 Å². The lowest BCUT2D eigenvalue weighted by Crippen LogP contribution is -2.44. The Hall–Kier alpha value is -1.10. The molecule has 1 saturated carbocycles. The van der Waals surface area contributed by atoms with Crippen molar-refractivity contribution < 1.29 is 9.59 Å². The Morgan fingerprint density at radius 3 is 2.48 bits per heavy atom. The molecule has 1 aliphatic carbocycles. The molecule has 21 heavy (non-hydrogen) atoms. The highest BCUT2D eigenvalue weighted by molar-refractivity contribution is 5.79. The predicted octanol–water partition coefficient (Wildman–Crippen LogP) is 1.19. The van der Waals surface area contributed by atoms with E-state index >= 15 is 0 Å². The summed E-state index contributed by atoms with van der Waals surface area (Å²) < 4.78 is 0. The first-order chi connectivity index (χ1) is 9.97. The Balaban J connectivity index is 1.75. The van der Waals surface area contributed by atoms with E-state index in [-0.39, 0.29) is 11.8 Å². The van der Waals surface area contributed by atoms with Crippen molar-refractivity contribution in [2.24, 2.45) is 5.92 Å². The van der Waals surface area contributed by atoms with Gasteiger partial charge in [0.25, 0.3) is 0 Å². The van der Waals surface area contributed by atoms with Crippen LogP contribution in [0.15, 0.2) is 0 Å². The van der Waals surface area contributed by atoms with Gasteiger partial charge in [-0.25, -0.2) is 0 Å². The molecule has 1 aliphatic heterocycles. The highest BCUT2D eigenvalue weighted by atomic mass is 16.2. The van der Waals surface area contributed by atoms with E-state index in [9.17, 15) is 9.59 Å². The minimum Gasteiger partial charge on any atom is -0.345 e. The average Bonchev–Trinajstić information content (AvgIpc) is 2.77. The molecule has 0 aromatic heterocycles. The van der Waals surface area contributed by atoms with Crippen LogP contribution in [0.4, 0.5) is 0 Å². The zero-order chi connectivity index (χ0) is 15.4. The number of carbonyl (C=O) groups is 2. The topological polar surface area (TPSA) is 43.9 Å². The summed E-state index contributed by atoms with van der Waals surface area (Å²) in [6, 6.07) is 0.429. The van der Waals surface area contributed by atoms with E-state index in [1.54, 1.807) is 4.90 Å². The van der Waals surface area contributed by atoms with Crippen LogP contribution in [0.2, 0.25) is 0 Å². The second-order valence-corrected chi connectivity index (χ2v) is 6.84. The molecule has 120 valence electrons.